The van der Waals surface area contributed by atoms with Crippen molar-refractivity contribution < 1.29 is 14.3 Å². The zero-order chi connectivity index (χ0) is 14.8. The van der Waals surface area contributed by atoms with Crippen LogP contribution in [0.1, 0.15) is 36.4 Å². The lowest BCUT2D eigenvalue weighted by Crippen LogP contribution is -2.41. The highest BCUT2D eigenvalue weighted by Crippen LogP contribution is 2.26. The molecule has 1 heterocycles. The van der Waals surface area contributed by atoms with Gasteiger partial charge in [0.25, 0.3) is 5.91 Å². The van der Waals surface area contributed by atoms with Crippen molar-refractivity contribution in [1.29, 1.82) is 0 Å². The van der Waals surface area contributed by atoms with E-state index in [0.717, 1.165) is 10.1 Å². The van der Waals surface area contributed by atoms with E-state index in [-0.39, 0.29) is 18.3 Å². The van der Waals surface area contributed by atoms with E-state index in [2.05, 4.69) is 5.32 Å². The molecule has 20 heavy (non-hydrogen) atoms. The van der Waals surface area contributed by atoms with Gasteiger partial charge in [0.1, 0.15) is 5.82 Å². The second-order valence-corrected chi connectivity index (χ2v) is 5.99. The Labute approximate surface area is 121 Å². The summed E-state index contributed by atoms with van der Waals surface area (Å²) in [6, 6.07) is 6.20. The van der Waals surface area contributed by atoms with E-state index in [1.807, 2.05) is 13.8 Å². The molecule has 2 aromatic rings. The van der Waals surface area contributed by atoms with Crippen LogP contribution in [0.15, 0.2) is 24.3 Å². The Morgan fingerprint density at radius 2 is 2.05 bits per heavy atom. The number of amides is 1. The summed E-state index contributed by atoms with van der Waals surface area (Å²) in [6.07, 6.45) is 1.17. The van der Waals surface area contributed by atoms with Crippen molar-refractivity contribution in [2.45, 2.75) is 32.3 Å². The standard InChI is InChI=1S/C15H18FNO2S/c1-3-15(19,4-2)9-17-14(18)13-7-10-5-6-11(16)8-12(10)20-13/h5-8,19H,3-4,9H2,1-2H3,(H,17,18). The van der Waals surface area contributed by atoms with Crippen LogP contribution in [0, 0.1) is 5.82 Å². The predicted molar refractivity (Wildman–Crippen MR) is 79.6 cm³/mol. The monoisotopic (exact) mass is 295 g/mol. The maximum atomic E-state index is 13.1. The first-order chi connectivity index (χ1) is 9.47. The molecule has 1 aromatic heterocycles. The fourth-order valence-corrected chi connectivity index (χ4v) is 2.95. The molecule has 0 spiro atoms. The second-order valence-electron chi connectivity index (χ2n) is 4.91. The molecule has 1 amide bonds. The van der Waals surface area contributed by atoms with Crippen molar-refractivity contribution in [3.8, 4) is 0 Å². The normalized spacial score (nSPS) is 11.8. The number of carbonyl (C=O) groups is 1. The van der Waals surface area contributed by atoms with Gasteiger partial charge in [-0.25, -0.2) is 4.39 Å². The summed E-state index contributed by atoms with van der Waals surface area (Å²) in [5.41, 5.74) is -0.863. The molecule has 0 aliphatic rings. The highest BCUT2D eigenvalue weighted by molar-refractivity contribution is 7.20. The van der Waals surface area contributed by atoms with Gasteiger partial charge in [-0.05, 0) is 36.4 Å². The number of hydrogen-bond acceptors (Lipinski definition) is 3. The topological polar surface area (TPSA) is 49.3 Å². The fourth-order valence-electron chi connectivity index (χ4n) is 1.95. The molecular weight excluding hydrogens is 277 g/mol. The molecule has 108 valence electrons. The minimum absolute atomic E-state index is 0.224. The molecule has 0 atom stereocenters. The minimum atomic E-state index is -0.863. The van der Waals surface area contributed by atoms with Gasteiger partial charge < -0.3 is 10.4 Å². The predicted octanol–water partition coefficient (Wildman–Crippen LogP) is 3.32. The molecule has 0 aliphatic heterocycles. The van der Waals surface area contributed by atoms with Crippen LogP contribution in [0.25, 0.3) is 10.1 Å². The van der Waals surface area contributed by atoms with E-state index >= 15 is 0 Å². The Kier molecular flexibility index (Phi) is 4.40. The highest BCUT2D eigenvalue weighted by Gasteiger charge is 2.23. The van der Waals surface area contributed by atoms with E-state index in [0.29, 0.717) is 17.7 Å². The number of fused-ring (bicyclic) bond motifs is 1. The lowest BCUT2D eigenvalue weighted by Gasteiger charge is -2.25. The van der Waals surface area contributed by atoms with Crippen molar-refractivity contribution in [2.24, 2.45) is 0 Å². The van der Waals surface area contributed by atoms with Crippen molar-refractivity contribution in [1.82, 2.24) is 5.32 Å². The van der Waals surface area contributed by atoms with Crippen molar-refractivity contribution in [3.05, 3.63) is 35.0 Å². The SMILES string of the molecule is CCC(O)(CC)CNC(=O)c1cc2ccc(F)cc2s1. The summed E-state index contributed by atoms with van der Waals surface area (Å²) < 4.78 is 13.9. The van der Waals surface area contributed by atoms with E-state index in [9.17, 15) is 14.3 Å². The Hall–Kier alpha value is -1.46. The number of halogens is 1. The van der Waals surface area contributed by atoms with Crippen molar-refractivity contribution in [3.63, 3.8) is 0 Å². The molecule has 0 saturated carbocycles. The van der Waals surface area contributed by atoms with E-state index in [1.165, 1.54) is 23.5 Å². The van der Waals surface area contributed by atoms with Crippen LogP contribution in [0.4, 0.5) is 4.39 Å². The molecule has 0 bridgehead atoms. The molecule has 2 N–H and O–H groups in total. The smallest absolute Gasteiger partial charge is 0.261 e. The van der Waals surface area contributed by atoms with Gasteiger partial charge in [0.05, 0.1) is 10.5 Å². The van der Waals surface area contributed by atoms with Gasteiger partial charge in [0.15, 0.2) is 0 Å². The molecule has 1 aromatic carbocycles. The van der Waals surface area contributed by atoms with Gasteiger partial charge in [0, 0.05) is 11.2 Å². The number of hydrogen-bond donors (Lipinski definition) is 2. The maximum absolute atomic E-state index is 13.1. The van der Waals surface area contributed by atoms with Crippen molar-refractivity contribution >= 4 is 27.3 Å². The van der Waals surface area contributed by atoms with Crippen LogP contribution in [0.2, 0.25) is 0 Å². The number of carbonyl (C=O) groups excluding carboxylic acids is 1. The molecule has 0 unspecified atom stereocenters. The summed E-state index contributed by atoms with van der Waals surface area (Å²) in [5.74, 6) is -0.537. The lowest BCUT2D eigenvalue weighted by atomic mass is 9.98. The van der Waals surface area contributed by atoms with Crippen LogP contribution in [0.5, 0.6) is 0 Å². The third-order valence-corrected chi connectivity index (χ3v) is 4.70. The van der Waals surface area contributed by atoms with E-state index < -0.39 is 5.60 Å². The molecule has 3 nitrogen and oxygen atoms in total. The van der Waals surface area contributed by atoms with Crippen LogP contribution in [-0.4, -0.2) is 23.2 Å². The number of rotatable bonds is 5. The summed E-state index contributed by atoms with van der Waals surface area (Å²) in [7, 11) is 0. The minimum Gasteiger partial charge on any atom is -0.388 e. The zero-order valence-electron chi connectivity index (χ0n) is 11.6. The summed E-state index contributed by atoms with van der Waals surface area (Å²) in [5, 5.41) is 13.7. The van der Waals surface area contributed by atoms with E-state index in [1.54, 1.807) is 12.1 Å². The Morgan fingerprint density at radius 3 is 2.70 bits per heavy atom. The van der Waals surface area contributed by atoms with Crippen molar-refractivity contribution in [2.75, 3.05) is 6.54 Å². The van der Waals surface area contributed by atoms with Gasteiger partial charge >= 0.3 is 0 Å². The fraction of sp³-hybridized carbons (Fsp3) is 0.400. The third-order valence-electron chi connectivity index (χ3n) is 3.60. The first-order valence-corrected chi connectivity index (χ1v) is 7.49. The Morgan fingerprint density at radius 1 is 1.35 bits per heavy atom. The van der Waals surface area contributed by atoms with Gasteiger partial charge in [-0.3, -0.25) is 4.79 Å². The maximum Gasteiger partial charge on any atom is 0.261 e. The second kappa shape index (κ2) is 5.89. The first kappa shape index (κ1) is 14.9. The number of nitrogens with one attached hydrogen (secondary N) is 1. The average molecular weight is 295 g/mol. The molecule has 0 radical (unpaired) electrons. The summed E-state index contributed by atoms with van der Waals surface area (Å²) in [4.78, 5) is 12.6. The number of thiophene rings is 1. The highest BCUT2D eigenvalue weighted by atomic mass is 32.1. The van der Waals surface area contributed by atoms with Crippen LogP contribution in [-0.2, 0) is 0 Å². The van der Waals surface area contributed by atoms with Gasteiger partial charge in [-0.1, -0.05) is 19.9 Å². The summed E-state index contributed by atoms with van der Waals surface area (Å²) in [6.45, 7) is 4.00. The van der Waals surface area contributed by atoms with Crippen LogP contribution < -0.4 is 5.32 Å². The van der Waals surface area contributed by atoms with Gasteiger partial charge in [-0.15, -0.1) is 11.3 Å². The lowest BCUT2D eigenvalue weighted by molar-refractivity contribution is 0.0314. The van der Waals surface area contributed by atoms with Gasteiger partial charge in [0.2, 0.25) is 0 Å². The Bertz CT molecular complexity index is 619. The third kappa shape index (κ3) is 3.16. The number of aliphatic hydroxyl groups is 1. The number of benzene rings is 1. The summed E-state index contributed by atoms with van der Waals surface area (Å²) >= 11 is 1.25. The zero-order valence-corrected chi connectivity index (χ0v) is 12.4. The Balaban J connectivity index is 2.11. The quantitative estimate of drug-likeness (QED) is 0.889. The molecule has 0 aliphatic carbocycles. The van der Waals surface area contributed by atoms with Crippen LogP contribution >= 0.6 is 11.3 Å². The molecular formula is C15H18FNO2S. The molecule has 5 heteroatoms. The van der Waals surface area contributed by atoms with Gasteiger partial charge in [-0.2, -0.15) is 0 Å². The average Bonchev–Trinajstić information content (AvgIpc) is 2.87. The van der Waals surface area contributed by atoms with Crippen LogP contribution in [0.3, 0.4) is 0 Å². The van der Waals surface area contributed by atoms with E-state index in [4.69, 9.17) is 0 Å². The molecule has 2 rings (SSSR count). The first-order valence-electron chi connectivity index (χ1n) is 6.67. The largest absolute Gasteiger partial charge is 0.388 e. The molecule has 0 fully saturated rings. The molecule has 0 saturated heterocycles.